The average Bonchev–Trinajstić information content (AvgIpc) is 2.91. The van der Waals surface area contributed by atoms with Crippen LogP contribution < -0.4 is 5.73 Å². The summed E-state index contributed by atoms with van der Waals surface area (Å²) in [7, 11) is 0. The monoisotopic (exact) mass is 268 g/mol. The van der Waals surface area contributed by atoms with Crippen LogP contribution in [0.5, 0.6) is 0 Å². The van der Waals surface area contributed by atoms with E-state index in [1.807, 2.05) is 11.8 Å². The van der Waals surface area contributed by atoms with Crippen LogP contribution in [0.25, 0.3) is 0 Å². The smallest absolute Gasteiger partial charge is 0.222 e. The van der Waals surface area contributed by atoms with E-state index in [2.05, 4.69) is 0 Å². The third kappa shape index (κ3) is 3.22. The Morgan fingerprint density at radius 2 is 2.17 bits per heavy atom. The van der Waals surface area contributed by atoms with Gasteiger partial charge in [-0.1, -0.05) is 18.6 Å². The molecule has 2 saturated carbocycles. The zero-order valence-corrected chi connectivity index (χ0v) is 12.0. The number of carbonyl (C=O) groups excluding carboxylic acids is 1. The maximum atomic E-state index is 12.3. The fourth-order valence-electron chi connectivity index (χ4n) is 3.68. The normalized spacial score (nSPS) is 29.5. The van der Waals surface area contributed by atoms with Crippen molar-refractivity contribution < 1.29 is 4.79 Å². The maximum Gasteiger partial charge on any atom is 0.222 e. The van der Waals surface area contributed by atoms with Crippen LogP contribution in [0.2, 0.25) is 0 Å². The molecule has 2 bridgehead atoms. The number of rotatable bonds is 6. The number of hydrogen-bond acceptors (Lipinski definition) is 2. The highest BCUT2D eigenvalue weighted by Gasteiger charge is 2.40. The quantitative estimate of drug-likeness (QED) is 0.752. The Balaban J connectivity index is 1.80. The molecule has 2 fully saturated rings. The van der Waals surface area contributed by atoms with Crippen molar-refractivity contribution in [3.63, 3.8) is 0 Å². The van der Waals surface area contributed by atoms with Gasteiger partial charge in [0, 0.05) is 25.9 Å². The first-order valence-corrected chi connectivity index (χ1v) is 7.57. The summed E-state index contributed by atoms with van der Waals surface area (Å²) in [6.07, 6.45) is 6.79. The lowest BCUT2D eigenvalue weighted by Crippen LogP contribution is -2.35. The summed E-state index contributed by atoms with van der Waals surface area (Å²) in [6, 6.07) is 0. The minimum Gasteiger partial charge on any atom is -0.393 e. The second kappa shape index (κ2) is 6.00. The van der Waals surface area contributed by atoms with Crippen molar-refractivity contribution in [3.05, 3.63) is 0 Å². The number of nitrogens with two attached hydrogens (primary N) is 1. The van der Waals surface area contributed by atoms with E-state index in [-0.39, 0.29) is 0 Å². The van der Waals surface area contributed by atoms with Gasteiger partial charge in [-0.3, -0.25) is 4.79 Å². The van der Waals surface area contributed by atoms with Gasteiger partial charge in [0.05, 0.1) is 4.99 Å². The lowest BCUT2D eigenvalue weighted by atomic mass is 9.86. The van der Waals surface area contributed by atoms with Gasteiger partial charge in [-0.05, 0) is 43.9 Å². The van der Waals surface area contributed by atoms with Gasteiger partial charge in [0.15, 0.2) is 0 Å². The number of nitrogens with zero attached hydrogens (tertiary/aromatic N) is 1. The van der Waals surface area contributed by atoms with Crippen molar-refractivity contribution in [2.45, 2.75) is 45.4 Å². The second-order valence-electron chi connectivity index (χ2n) is 5.83. The molecule has 18 heavy (non-hydrogen) atoms. The Kier molecular flexibility index (Phi) is 4.60. The van der Waals surface area contributed by atoms with Crippen molar-refractivity contribution >= 4 is 23.1 Å². The van der Waals surface area contributed by atoms with Crippen LogP contribution >= 0.6 is 12.2 Å². The molecule has 2 rings (SSSR count). The van der Waals surface area contributed by atoms with E-state index in [9.17, 15) is 4.79 Å². The topological polar surface area (TPSA) is 46.3 Å². The van der Waals surface area contributed by atoms with Crippen LogP contribution in [0.4, 0.5) is 0 Å². The van der Waals surface area contributed by atoms with Crippen LogP contribution in [0, 0.1) is 17.8 Å². The number of fused-ring (bicyclic) bond motifs is 2. The molecule has 2 aliphatic carbocycles. The Bertz CT molecular complexity index is 332. The van der Waals surface area contributed by atoms with E-state index in [0.29, 0.717) is 29.8 Å². The van der Waals surface area contributed by atoms with Crippen LogP contribution in [0.15, 0.2) is 0 Å². The molecule has 3 atom stereocenters. The minimum atomic E-state index is 0.298. The number of thiocarbonyl (C=S) groups is 1. The van der Waals surface area contributed by atoms with Crippen molar-refractivity contribution in [3.8, 4) is 0 Å². The molecular formula is C14H24N2OS. The van der Waals surface area contributed by atoms with Gasteiger partial charge in [-0.25, -0.2) is 0 Å². The van der Waals surface area contributed by atoms with E-state index in [1.165, 1.54) is 25.7 Å². The molecule has 4 heteroatoms. The van der Waals surface area contributed by atoms with Gasteiger partial charge in [0.2, 0.25) is 5.91 Å². The van der Waals surface area contributed by atoms with Gasteiger partial charge in [-0.15, -0.1) is 0 Å². The molecule has 3 nitrogen and oxygen atoms in total. The molecule has 102 valence electrons. The molecule has 0 radical (unpaired) electrons. The van der Waals surface area contributed by atoms with Gasteiger partial charge in [0.1, 0.15) is 0 Å². The number of hydrogen-bond donors (Lipinski definition) is 1. The van der Waals surface area contributed by atoms with Crippen LogP contribution in [0.3, 0.4) is 0 Å². The predicted molar refractivity (Wildman–Crippen MR) is 77.2 cm³/mol. The largest absolute Gasteiger partial charge is 0.393 e. The van der Waals surface area contributed by atoms with Crippen molar-refractivity contribution in [1.82, 2.24) is 4.90 Å². The molecule has 0 aromatic heterocycles. The van der Waals surface area contributed by atoms with E-state index in [1.54, 1.807) is 0 Å². The average molecular weight is 268 g/mol. The summed E-state index contributed by atoms with van der Waals surface area (Å²) in [5.74, 6) is 2.69. The zero-order chi connectivity index (χ0) is 13.1. The SMILES string of the molecule is CCN(CCC(N)=S)C(=O)CC1CC2CCC1C2. The molecule has 3 unspecified atom stereocenters. The van der Waals surface area contributed by atoms with Gasteiger partial charge in [-0.2, -0.15) is 0 Å². The van der Waals surface area contributed by atoms with Crippen LogP contribution in [0.1, 0.15) is 45.4 Å². The third-order valence-electron chi connectivity index (χ3n) is 4.68. The lowest BCUT2D eigenvalue weighted by Gasteiger charge is -2.26. The van der Waals surface area contributed by atoms with Gasteiger partial charge in [0.25, 0.3) is 0 Å². The summed E-state index contributed by atoms with van der Waals surface area (Å²) in [4.78, 5) is 14.7. The van der Waals surface area contributed by atoms with Crippen molar-refractivity contribution in [2.24, 2.45) is 23.5 Å². The molecule has 0 spiro atoms. The summed E-state index contributed by atoms with van der Waals surface area (Å²) in [5, 5.41) is 0. The molecular weight excluding hydrogens is 244 g/mol. The zero-order valence-electron chi connectivity index (χ0n) is 11.2. The van der Waals surface area contributed by atoms with Gasteiger partial charge < -0.3 is 10.6 Å². The molecule has 0 aromatic rings. The predicted octanol–water partition coefficient (Wildman–Crippen LogP) is 2.34. The first-order valence-electron chi connectivity index (χ1n) is 7.16. The molecule has 0 aliphatic heterocycles. The Morgan fingerprint density at radius 1 is 1.39 bits per heavy atom. The maximum absolute atomic E-state index is 12.3. The molecule has 0 saturated heterocycles. The Hall–Kier alpha value is -0.640. The molecule has 0 aromatic carbocycles. The molecule has 2 aliphatic rings. The van der Waals surface area contributed by atoms with E-state index < -0.39 is 0 Å². The molecule has 2 N–H and O–H groups in total. The summed E-state index contributed by atoms with van der Waals surface area (Å²) >= 11 is 4.87. The van der Waals surface area contributed by atoms with Crippen LogP contribution in [-0.4, -0.2) is 28.9 Å². The minimum absolute atomic E-state index is 0.298. The van der Waals surface area contributed by atoms with E-state index >= 15 is 0 Å². The standard InChI is InChI=1S/C14H24N2OS/c1-2-16(6-5-13(15)18)14(17)9-12-8-10-3-4-11(12)7-10/h10-12H,2-9H2,1H3,(H2,15,18). The summed E-state index contributed by atoms with van der Waals surface area (Å²) in [5.41, 5.74) is 5.50. The summed E-state index contributed by atoms with van der Waals surface area (Å²) in [6.45, 7) is 3.48. The lowest BCUT2D eigenvalue weighted by molar-refractivity contribution is -0.132. The first kappa shape index (κ1) is 13.8. The van der Waals surface area contributed by atoms with Crippen molar-refractivity contribution in [1.29, 1.82) is 0 Å². The second-order valence-corrected chi connectivity index (χ2v) is 6.35. The molecule has 0 heterocycles. The van der Waals surface area contributed by atoms with Crippen LogP contribution in [-0.2, 0) is 4.79 Å². The van der Waals surface area contributed by atoms with Gasteiger partial charge >= 0.3 is 0 Å². The highest BCUT2D eigenvalue weighted by molar-refractivity contribution is 7.80. The molecule has 1 amide bonds. The Morgan fingerprint density at radius 3 is 2.67 bits per heavy atom. The fourth-order valence-corrected chi connectivity index (χ4v) is 3.78. The Labute approximate surface area is 115 Å². The fraction of sp³-hybridized carbons (Fsp3) is 0.857. The summed E-state index contributed by atoms with van der Waals surface area (Å²) < 4.78 is 0. The third-order valence-corrected chi connectivity index (χ3v) is 4.89. The first-order chi connectivity index (χ1) is 8.60. The number of carbonyl (C=O) groups is 1. The van der Waals surface area contributed by atoms with E-state index in [0.717, 1.165) is 24.8 Å². The highest BCUT2D eigenvalue weighted by atomic mass is 32.1. The highest BCUT2D eigenvalue weighted by Crippen LogP contribution is 2.49. The van der Waals surface area contributed by atoms with E-state index in [4.69, 9.17) is 18.0 Å². The van der Waals surface area contributed by atoms with Crippen molar-refractivity contribution in [2.75, 3.05) is 13.1 Å². The number of amides is 1.